The highest BCUT2D eigenvalue weighted by atomic mass is 16.5. The zero-order valence-corrected chi connectivity index (χ0v) is 14.5. The Morgan fingerprint density at radius 2 is 1.96 bits per heavy atom. The number of nitrogens with two attached hydrogens (primary N) is 1. The minimum absolute atomic E-state index is 0.121. The number of benzene rings is 2. The number of nitrogen functional groups attached to an aromatic ring is 1. The Morgan fingerprint density at radius 3 is 2.70 bits per heavy atom. The van der Waals surface area contributed by atoms with E-state index in [2.05, 4.69) is 14.9 Å². The topological polar surface area (TPSA) is 111 Å². The molecule has 1 aromatic heterocycles. The summed E-state index contributed by atoms with van der Waals surface area (Å²) >= 11 is 0. The second kappa shape index (κ2) is 7.08. The first-order valence-electron chi connectivity index (χ1n) is 8.51. The fourth-order valence-corrected chi connectivity index (χ4v) is 3.18. The van der Waals surface area contributed by atoms with Crippen molar-refractivity contribution in [3.05, 3.63) is 48.2 Å². The average Bonchev–Trinajstić information content (AvgIpc) is 2.67. The van der Waals surface area contributed by atoms with Gasteiger partial charge in [0, 0.05) is 36.4 Å². The normalized spacial score (nSPS) is 14.3. The van der Waals surface area contributed by atoms with Gasteiger partial charge in [0.25, 0.3) is 0 Å². The van der Waals surface area contributed by atoms with Gasteiger partial charge in [-0.25, -0.2) is 9.78 Å². The van der Waals surface area contributed by atoms with Gasteiger partial charge in [0.15, 0.2) is 0 Å². The molecule has 1 aliphatic heterocycles. The molecule has 138 valence electrons. The fourth-order valence-electron chi connectivity index (χ4n) is 3.18. The highest BCUT2D eigenvalue weighted by Crippen LogP contribution is 2.34. The molecule has 0 atom stereocenters. The number of hydrogen-bond acceptors (Lipinski definition) is 7. The Balaban J connectivity index is 1.80. The Bertz CT molecular complexity index is 1000. The van der Waals surface area contributed by atoms with Crippen molar-refractivity contribution in [2.75, 3.05) is 36.9 Å². The molecule has 8 nitrogen and oxygen atoms in total. The fraction of sp³-hybridized carbons (Fsp3) is 0.211. The number of fused-ring (bicyclic) bond motifs is 1. The first-order chi connectivity index (χ1) is 13.1. The van der Waals surface area contributed by atoms with Crippen LogP contribution in [0, 0.1) is 0 Å². The van der Waals surface area contributed by atoms with Gasteiger partial charge in [-0.1, -0.05) is 0 Å². The second-order valence-electron chi connectivity index (χ2n) is 6.10. The summed E-state index contributed by atoms with van der Waals surface area (Å²) in [6, 6.07) is 10.4. The third-order valence-electron chi connectivity index (χ3n) is 4.42. The molecule has 0 aliphatic carbocycles. The number of carboxylic acid groups (broad SMARTS) is 1. The van der Waals surface area contributed by atoms with Crippen LogP contribution >= 0.6 is 0 Å². The van der Waals surface area contributed by atoms with Crippen LogP contribution in [0.2, 0.25) is 0 Å². The maximum atomic E-state index is 11.6. The molecule has 0 unspecified atom stereocenters. The zero-order valence-electron chi connectivity index (χ0n) is 14.5. The molecule has 1 saturated heterocycles. The van der Waals surface area contributed by atoms with Crippen molar-refractivity contribution in [2.24, 2.45) is 0 Å². The van der Waals surface area contributed by atoms with E-state index in [9.17, 15) is 9.90 Å². The number of aromatic nitrogens is 2. The maximum Gasteiger partial charge on any atom is 0.336 e. The molecule has 0 saturated carbocycles. The van der Waals surface area contributed by atoms with Gasteiger partial charge in [-0.2, -0.15) is 4.98 Å². The number of aromatic carboxylic acids is 1. The molecule has 2 aromatic carbocycles. The lowest BCUT2D eigenvalue weighted by molar-refractivity contribution is 0.0699. The lowest BCUT2D eigenvalue weighted by Crippen LogP contribution is -2.36. The smallest absolute Gasteiger partial charge is 0.336 e. The van der Waals surface area contributed by atoms with Crippen LogP contribution in [0.15, 0.2) is 42.6 Å². The minimum Gasteiger partial charge on any atom is -0.478 e. The lowest BCUT2D eigenvalue weighted by Gasteiger charge is -2.30. The zero-order chi connectivity index (χ0) is 18.8. The summed E-state index contributed by atoms with van der Waals surface area (Å²) in [6.45, 7) is 2.77. The molecule has 0 spiro atoms. The van der Waals surface area contributed by atoms with Gasteiger partial charge in [-0.15, -0.1) is 0 Å². The van der Waals surface area contributed by atoms with Gasteiger partial charge in [-0.05, 0) is 35.7 Å². The van der Waals surface area contributed by atoms with Crippen LogP contribution in [0.1, 0.15) is 10.4 Å². The van der Waals surface area contributed by atoms with Crippen molar-refractivity contribution < 1.29 is 19.4 Å². The van der Waals surface area contributed by atoms with Crippen molar-refractivity contribution in [3.8, 4) is 11.6 Å². The number of morpholine rings is 1. The summed E-state index contributed by atoms with van der Waals surface area (Å²) in [5.74, 6) is 0.0167. The van der Waals surface area contributed by atoms with E-state index in [0.717, 1.165) is 24.2 Å². The lowest BCUT2D eigenvalue weighted by atomic mass is 10.0. The molecule has 2 heterocycles. The summed E-state index contributed by atoms with van der Waals surface area (Å²) in [5.41, 5.74) is 6.79. The number of carbonyl (C=O) groups is 1. The predicted octanol–water partition coefficient (Wildman–Crippen LogP) is 2.54. The van der Waals surface area contributed by atoms with Gasteiger partial charge in [-0.3, -0.25) is 0 Å². The molecular formula is C19H18N4O4. The van der Waals surface area contributed by atoms with Crippen molar-refractivity contribution in [2.45, 2.75) is 0 Å². The summed E-state index contributed by atoms with van der Waals surface area (Å²) < 4.78 is 11.2. The van der Waals surface area contributed by atoms with Crippen LogP contribution in [-0.4, -0.2) is 47.3 Å². The summed E-state index contributed by atoms with van der Waals surface area (Å²) in [7, 11) is 0. The SMILES string of the molecule is Nc1nccc(Oc2ccc3c(C(=O)O)ccc(N4CCOCC4)c3c2)n1. The van der Waals surface area contributed by atoms with E-state index >= 15 is 0 Å². The van der Waals surface area contributed by atoms with E-state index in [1.54, 1.807) is 24.3 Å². The number of anilines is 2. The maximum absolute atomic E-state index is 11.6. The molecular weight excluding hydrogens is 348 g/mol. The summed E-state index contributed by atoms with van der Waals surface area (Å²) in [6.07, 6.45) is 1.51. The minimum atomic E-state index is -0.967. The monoisotopic (exact) mass is 366 g/mol. The third kappa shape index (κ3) is 3.47. The van der Waals surface area contributed by atoms with Gasteiger partial charge < -0.3 is 25.2 Å². The molecule has 1 fully saturated rings. The van der Waals surface area contributed by atoms with E-state index in [1.807, 2.05) is 12.1 Å². The van der Waals surface area contributed by atoms with Crippen molar-refractivity contribution in [1.82, 2.24) is 9.97 Å². The van der Waals surface area contributed by atoms with E-state index in [-0.39, 0.29) is 11.5 Å². The highest BCUT2D eigenvalue weighted by molar-refractivity contribution is 6.08. The Labute approximate surface area is 155 Å². The summed E-state index contributed by atoms with van der Waals surface area (Å²) in [5, 5.41) is 11.0. The Morgan fingerprint density at radius 1 is 1.15 bits per heavy atom. The van der Waals surface area contributed by atoms with E-state index in [4.69, 9.17) is 15.2 Å². The van der Waals surface area contributed by atoms with Crippen LogP contribution < -0.4 is 15.4 Å². The first-order valence-corrected chi connectivity index (χ1v) is 8.51. The number of rotatable bonds is 4. The third-order valence-corrected chi connectivity index (χ3v) is 4.42. The van der Waals surface area contributed by atoms with Crippen LogP contribution in [0.3, 0.4) is 0 Å². The molecule has 0 bridgehead atoms. The highest BCUT2D eigenvalue weighted by Gasteiger charge is 2.18. The molecule has 3 aromatic rings. The van der Waals surface area contributed by atoms with Crippen LogP contribution in [0.5, 0.6) is 11.6 Å². The molecule has 3 N–H and O–H groups in total. The van der Waals surface area contributed by atoms with Crippen molar-refractivity contribution in [3.63, 3.8) is 0 Å². The Kier molecular flexibility index (Phi) is 4.47. The predicted molar refractivity (Wildman–Crippen MR) is 100 cm³/mol. The van der Waals surface area contributed by atoms with Gasteiger partial charge in [0.2, 0.25) is 11.8 Å². The molecule has 0 amide bonds. The summed E-state index contributed by atoms with van der Waals surface area (Å²) in [4.78, 5) is 21.7. The number of nitrogens with zero attached hydrogens (tertiary/aromatic N) is 3. The largest absolute Gasteiger partial charge is 0.478 e. The number of hydrogen-bond donors (Lipinski definition) is 2. The van der Waals surface area contributed by atoms with Crippen LogP contribution in [-0.2, 0) is 4.74 Å². The molecule has 8 heteroatoms. The van der Waals surface area contributed by atoms with Gasteiger partial charge in [0.05, 0.1) is 18.8 Å². The van der Waals surface area contributed by atoms with E-state index in [1.165, 1.54) is 6.20 Å². The van der Waals surface area contributed by atoms with Crippen molar-refractivity contribution in [1.29, 1.82) is 0 Å². The van der Waals surface area contributed by atoms with Crippen molar-refractivity contribution >= 4 is 28.4 Å². The van der Waals surface area contributed by atoms with Gasteiger partial charge in [0.1, 0.15) is 5.75 Å². The second-order valence-corrected chi connectivity index (χ2v) is 6.10. The quantitative estimate of drug-likeness (QED) is 0.725. The molecule has 0 radical (unpaired) electrons. The van der Waals surface area contributed by atoms with E-state index in [0.29, 0.717) is 30.2 Å². The first kappa shape index (κ1) is 17.0. The molecule has 27 heavy (non-hydrogen) atoms. The van der Waals surface area contributed by atoms with Gasteiger partial charge >= 0.3 is 5.97 Å². The van der Waals surface area contributed by atoms with Crippen LogP contribution in [0.4, 0.5) is 11.6 Å². The van der Waals surface area contributed by atoms with Crippen LogP contribution in [0.25, 0.3) is 10.8 Å². The number of carboxylic acids is 1. The number of ether oxygens (including phenoxy) is 2. The molecule has 4 rings (SSSR count). The van der Waals surface area contributed by atoms with E-state index < -0.39 is 5.97 Å². The average molecular weight is 366 g/mol. The Hall–Kier alpha value is -3.39. The standard InChI is InChI=1S/C19H18N4O4/c20-19-21-6-5-17(22-19)27-12-1-2-13-14(18(24)25)3-4-16(15(13)11-12)23-7-9-26-10-8-23/h1-6,11H,7-10H2,(H,24,25)(H2,20,21,22). The molecule has 1 aliphatic rings.